The van der Waals surface area contributed by atoms with Crippen LogP contribution in [0.3, 0.4) is 0 Å². The molecule has 2 amide bonds. The summed E-state index contributed by atoms with van der Waals surface area (Å²) in [5, 5.41) is 5.82. The van der Waals surface area contributed by atoms with E-state index in [0.717, 1.165) is 11.3 Å². The number of hydrogen-bond acceptors (Lipinski definition) is 2. The first kappa shape index (κ1) is 12.7. The van der Waals surface area contributed by atoms with Gasteiger partial charge in [-0.1, -0.05) is 12.1 Å². The van der Waals surface area contributed by atoms with Crippen LogP contribution in [0.2, 0.25) is 0 Å². The second-order valence-electron chi connectivity index (χ2n) is 4.80. The van der Waals surface area contributed by atoms with Gasteiger partial charge in [0.25, 0.3) is 0 Å². The Bertz CT molecular complexity index is 416. The SMILES string of the molecule is COc1cccc(CNC(=O)NC(C)C2CC2)c1. The highest BCUT2D eigenvalue weighted by Crippen LogP contribution is 2.32. The molecule has 4 heteroatoms. The molecule has 0 aliphatic heterocycles. The predicted octanol–water partition coefficient (Wildman–Crippen LogP) is 2.29. The molecule has 0 heterocycles. The van der Waals surface area contributed by atoms with Gasteiger partial charge < -0.3 is 15.4 Å². The van der Waals surface area contributed by atoms with Crippen LogP contribution in [0, 0.1) is 5.92 Å². The van der Waals surface area contributed by atoms with E-state index in [2.05, 4.69) is 17.6 Å². The summed E-state index contributed by atoms with van der Waals surface area (Å²) < 4.78 is 5.14. The fourth-order valence-corrected chi connectivity index (χ4v) is 1.94. The lowest BCUT2D eigenvalue weighted by Crippen LogP contribution is -2.41. The molecule has 2 rings (SSSR count). The first-order valence-corrected chi connectivity index (χ1v) is 6.36. The lowest BCUT2D eigenvalue weighted by molar-refractivity contribution is 0.236. The predicted molar refractivity (Wildman–Crippen MR) is 70.6 cm³/mol. The number of methoxy groups -OCH3 is 1. The Morgan fingerprint density at radius 2 is 2.28 bits per heavy atom. The van der Waals surface area contributed by atoms with Crippen molar-refractivity contribution in [2.24, 2.45) is 5.92 Å². The summed E-state index contributed by atoms with van der Waals surface area (Å²) in [6.07, 6.45) is 2.47. The van der Waals surface area contributed by atoms with Gasteiger partial charge in [-0.05, 0) is 43.4 Å². The van der Waals surface area contributed by atoms with E-state index in [1.807, 2.05) is 24.3 Å². The van der Waals surface area contributed by atoms with Gasteiger partial charge in [0.1, 0.15) is 5.75 Å². The van der Waals surface area contributed by atoms with Crippen LogP contribution >= 0.6 is 0 Å². The zero-order valence-electron chi connectivity index (χ0n) is 10.9. The summed E-state index contributed by atoms with van der Waals surface area (Å²) in [5.74, 6) is 1.48. The zero-order chi connectivity index (χ0) is 13.0. The molecule has 0 radical (unpaired) electrons. The number of urea groups is 1. The van der Waals surface area contributed by atoms with E-state index in [4.69, 9.17) is 4.74 Å². The average molecular weight is 248 g/mol. The maximum absolute atomic E-state index is 11.7. The number of amides is 2. The van der Waals surface area contributed by atoms with Crippen LogP contribution in [-0.4, -0.2) is 19.2 Å². The average Bonchev–Trinajstić information content (AvgIpc) is 3.21. The summed E-state index contributed by atoms with van der Waals surface area (Å²) in [4.78, 5) is 11.7. The Kier molecular flexibility index (Phi) is 4.07. The van der Waals surface area contributed by atoms with Crippen LogP contribution < -0.4 is 15.4 Å². The lowest BCUT2D eigenvalue weighted by atomic mass is 10.2. The molecule has 1 aliphatic carbocycles. The van der Waals surface area contributed by atoms with Crippen molar-refractivity contribution in [3.8, 4) is 5.75 Å². The van der Waals surface area contributed by atoms with Gasteiger partial charge in [-0.25, -0.2) is 4.79 Å². The van der Waals surface area contributed by atoms with Gasteiger partial charge in [0, 0.05) is 12.6 Å². The van der Waals surface area contributed by atoms with Crippen LogP contribution in [0.5, 0.6) is 5.75 Å². The first-order valence-electron chi connectivity index (χ1n) is 6.36. The summed E-state index contributed by atoms with van der Waals surface area (Å²) in [5.41, 5.74) is 1.03. The summed E-state index contributed by atoms with van der Waals surface area (Å²) in [7, 11) is 1.64. The number of rotatable bonds is 5. The van der Waals surface area contributed by atoms with E-state index in [0.29, 0.717) is 12.5 Å². The molecule has 0 saturated heterocycles. The molecule has 1 aliphatic rings. The van der Waals surface area contributed by atoms with E-state index >= 15 is 0 Å². The van der Waals surface area contributed by atoms with Gasteiger partial charge >= 0.3 is 6.03 Å². The third-order valence-corrected chi connectivity index (χ3v) is 3.28. The van der Waals surface area contributed by atoms with Gasteiger partial charge in [0.05, 0.1) is 7.11 Å². The topological polar surface area (TPSA) is 50.4 Å². The zero-order valence-corrected chi connectivity index (χ0v) is 10.9. The van der Waals surface area contributed by atoms with Crippen molar-refractivity contribution in [1.82, 2.24) is 10.6 Å². The molecular formula is C14H20N2O2. The Morgan fingerprint density at radius 1 is 1.50 bits per heavy atom. The molecule has 2 N–H and O–H groups in total. The maximum atomic E-state index is 11.7. The van der Waals surface area contributed by atoms with Crippen molar-refractivity contribution < 1.29 is 9.53 Å². The van der Waals surface area contributed by atoms with E-state index in [-0.39, 0.29) is 12.1 Å². The number of carbonyl (C=O) groups is 1. The Morgan fingerprint density at radius 3 is 2.94 bits per heavy atom. The van der Waals surface area contributed by atoms with Crippen molar-refractivity contribution in [3.63, 3.8) is 0 Å². The van der Waals surface area contributed by atoms with Gasteiger partial charge in [-0.2, -0.15) is 0 Å². The van der Waals surface area contributed by atoms with E-state index in [1.165, 1.54) is 12.8 Å². The summed E-state index contributed by atoms with van der Waals surface area (Å²) in [6, 6.07) is 7.87. The highest BCUT2D eigenvalue weighted by molar-refractivity contribution is 5.74. The molecule has 1 unspecified atom stereocenters. The van der Waals surface area contributed by atoms with Crippen LogP contribution in [0.25, 0.3) is 0 Å². The second kappa shape index (κ2) is 5.76. The van der Waals surface area contributed by atoms with Crippen LogP contribution in [0.1, 0.15) is 25.3 Å². The standard InChI is InChI=1S/C14H20N2O2/c1-10(12-6-7-12)16-14(17)15-9-11-4-3-5-13(8-11)18-2/h3-5,8,10,12H,6-7,9H2,1-2H3,(H2,15,16,17). The third kappa shape index (κ3) is 3.65. The first-order chi connectivity index (χ1) is 8.69. The molecule has 18 heavy (non-hydrogen) atoms. The van der Waals surface area contributed by atoms with Crippen LogP contribution in [-0.2, 0) is 6.54 Å². The minimum atomic E-state index is -0.0998. The van der Waals surface area contributed by atoms with Gasteiger partial charge in [-0.15, -0.1) is 0 Å². The number of carbonyl (C=O) groups excluding carboxylic acids is 1. The second-order valence-corrected chi connectivity index (χ2v) is 4.80. The summed E-state index contributed by atoms with van der Waals surface area (Å²) >= 11 is 0. The molecule has 1 aromatic carbocycles. The molecule has 98 valence electrons. The van der Waals surface area contributed by atoms with E-state index in [1.54, 1.807) is 7.11 Å². The monoisotopic (exact) mass is 248 g/mol. The number of ether oxygens (including phenoxy) is 1. The van der Waals surface area contributed by atoms with E-state index in [9.17, 15) is 4.79 Å². The van der Waals surface area contributed by atoms with E-state index < -0.39 is 0 Å². The van der Waals surface area contributed by atoms with Crippen LogP contribution in [0.15, 0.2) is 24.3 Å². The van der Waals surface area contributed by atoms with Crippen molar-refractivity contribution in [3.05, 3.63) is 29.8 Å². The Balaban J connectivity index is 1.77. The molecule has 1 saturated carbocycles. The number of nitrogens with one attached hydrogen (secondary N) is 2. The largest absolute Gasteiger partial charge is 0.497 e. The Hall–Kier alpha value is -1.71. The quantitative estimate of drug-likeness (QED) is 0.840. The van der Waals surface area contributed by atoms with Gasteiger partial charge in [0.2, 0.25) is 0 Å². The van der Waals surface area contributed by atoms with Gasteiger partial charge in [-0.3, -0.25) is 0 Å². The van der Waals surface area contributed by atoms with Crippen LogP contribution in [0.4, 0.5) is 4.79 Å². The fraction of sp³-hybridized carbons (Fsp3) is 0.500. The van der Waals surface area contributed by atoms with Gasteiger partial charge in [0.15, 0.2) is 0 Å². The van der Waals surface area contributed by atoms with Crippen molar-refractivity contribution in [1.29, 1.82) is 0 Å². The molecule has 4 nitrogen and oxygen atoms in total. The molecule has 0 bridgehead atoms. The normalized spacial score (nSPS) is 15.9. The molecule has 1 fully saturated rings. The molecule has 0 spiro atoms. The number of benzene rings is 1. The van der Waals surface area contributed by atoms with Crippen molar-refractivity contribution in [2.75, 3.05) is 7.11 Å². The van der Waals surface area contributed by atoms with Crippen molar-refractivity contribution >= 4 is 6.03 Å². The highest BCUT2D eigenvalue weighted by atomic mass is 16.5. The molecule has 1 aromatic rings. The molecule has 0 aromatic heterocycles. The fourth-order valence-electron chi connectivity index (χ4n) is 1.94. The highest BCUT2D eigenvalue weighted by Gasteiger charge is 2.28. The lowest BCUT2D eigenvalue weighted by Gasteiger charge is -2.13. The smallest absolute Gasteiger partial charge is 0.315 e. The maximum Gasteiger partial charge on any atom is 0.315 e. The third-order valence-electron chi connectivity index (χ3n) is 3.28. The van der Waals surface area contributed by atoms with Crippen molar-refractivity contribution in [2.45, 2.75) is 32.4 Å². The summed E-state index contributed by atoms with van der Waals surface area (Å²) in [6.45, 7) is 2.57. The minimum Gasteiger partial charge on any atom is -0.497 e. The molecule has 1 atom stereocenters. The number of hydrogen-bond donors (Lipinski definition) is 2. The minimum absolute atomic E-state index is 0.0998. The Labute approximate surface area is 108 Å². The molecular weight excluding hydrogens is 228 g/mol.